The van der Waals surface area contributed by atoms with Gasteiger partial charge in [-0.15, -0.1) is 0 Å². The zero-order chi connectivity index (χ0) is 11.1. The number of hydrogen-bond acceptors (Lipinski definition) is 1. The van der Waals surface area contributed by atoms with E-state index in [9.17, 15) is 0 Å². The largest absolute Gasteiger partial charge is 0.330 e. The smallest absolute Gasteiger partial charge is 0.0487 e. The third kappa shape index (κ3) is 1.22. The molecule has 1 unspecified atom stereocenters. The molecule has 0 heterocycles. The third-order valence-electron chi connectivity index (χ3n) is 3.26. The minimum Gasteiger partial charge on any atom is -0.330 e. The van der Waals surface area contributed by atoms with Crippen molar-refractivity contribution in [1.82, 2.24) is 0 Å². The van der Waals surface area contributed by atoms with Gasteiger partial charge in [0.2, 0.25) is 0 Å². The predicted molar refractivity (Wildman–Crippen MR) is 67.8 cm³/mol. The molecule has 0 bridgehead atoms. The number of nitrogens with two attached hydrogens (primary N) is 1. The monoisotopic (exact) mass is 229 g/mol. The average Bonchev–Trinajstić information content (AvgIpc) is 2.64. The van der Waals surface area contributed by atoms with Gasteiger partial charge in [-0.05, 0) is 22.8 Å². The van der Waals surface area contributed by atoms with Crippen molar-refractivity contribution < 1.29 is 0 Å². The van der Waals surface area contributed by atoms with Crippen molar-refractivity contribution in [2.24, 2.45) is 5.73 Å². The van der Waals surface area contributed by atoms with Crippen LogP contribution in [0.15, 0.2) is 42.5 Å². The van der Waals surface area contributed by atoms with Crippen LogP contribution < -0.4 is 5.73 Å². The molecular formula is C14H12ClN. The van der Waals surface area contributed by atoms with Gasteiger partial charge in [0.25, 0.3) is 0 Å². The summed E-state index contributed by atoms with van der Waals surface area (Å²) < 4.78 is 0. The Labute approximate surface area is 99.9 Å². The van der Waals surface area contributed by atoms with E-state index in [4.69, 9.17) is 17.3 Å². The first-order chi connectivity index (χ1) is 7.83. The molecule has 0 fully saturated rings. The fraction of sp³-hybridized carbons (Fsp3) is 0.143. The second-order valence-electron chi connectivity index (χ2n) is 4.08. The molecule has 16 heavy (non-hydrogen) atoms. The molecule has 0 saturated heterocycles. The van der Waals surface area contributed by atoms with Gasteiger partial charge in [-0.3, -0.25) is 0 Å². The highest BCUT2D eigenvalue weighted by Crippen LogP contribution is 2.47. The van der Waals surface area contributed by atoms with Crippen molar-refractivity contribution in [3.05, 3.63) is 58.6 Å². The maximum absolute atomic E-state index is 6.28. The second-order valence-corrected chi connectivity index (χ2v) is 4.49. The molecule has 0 aliphatic heterocycles. The van der Waals surface area contributed by atoms with E-state index in [2.05, 4.69) is 24.3 Å². The van der Waals surface area contributed by atoms with Crippen LogP contribution in [0.5, 0.6) is 0 Å². The quantitative estimate of drug-likeness (QED) is 0.797. The molecule has 2 aromatic carbocycles. The predicted octanol–water partition coefficient (Wildman–Crippen LogP) is 3.41. The summed E-state index contributed by atoms with van der Waals surface area (Å²) in [5.74, 6) is 0.296. The van der Waals surface area contributed by atoms with E-state index in [1.807, 2.05) is 18.2 Å². The Morgan fingerprint density at radius 3 is 2.56 bits per heavy atom. The number of fused-ring (bicyclic) bond motifs is 3. The van der Waals surface area contributed by atoms with E-state index >= 15 is 0 Å². The van der Waals surface area contributed by atoms with Crippen molar-refractivity contribution in [2.75, 3.05) is 6.54 Å². The first-order valence-electron chi connectivity index (χ1n) is 5.40. The average molecular weight is 230 g/mol. The van der Waals surface area contributed by atoms with E-state index in [-0.39, 0.29) is 0 Å². The Hall–Kier alpha value is -1.31. The normalized spacial score (nSPS) is 17.0. The molecule has 0 amide bonds. The zero-order valence-corrected chi connectivity index (χ0v) is 9.54. The molecule has 1 aliphatic rings. The number of rotatable bonds is 1. The topological polar surface area (TPSA) is 26.0 Å². The Balaban J connectivity index is 2.35. The summed E-state index contributed by atoms with van der Waals surface area (Å²) in [5.41, 5.74) is 10.8. The van der Waals surface area contributed by atoms with Crippen LogP contribution in [0.1, 0.15) is 17.0 Å². The lowest BCUT2D eigenvalue weighted by atomic mass is 9.97. The Morgan fingerprint density at radius 2 is 1.75 bits per heavy atom. The molecule has 80 valence electrons. The number of benzene rings is 2. The highest BCUT2D eigenvalue weighted by molar-refractivity contribution is 6.33. The molecular weight excluding hydrogens is 218 g/mol. The van der Waals surface area contributed by atoms with E-state index in [1.54, 1.807) is 0 Å². The molecule has 0 spiro atoms. The van der Waals surface area contributed by atoms with E-state index in [0.717, 1.165) is 10.6 Å². The molecule has 2 N–H and O–H groups in total. The molecule has 2 aromatic rings. The van der Waals surface area contributed by atoms with Gasteiger partial charge < -0.3 is 5.73 Å². The first-order valence-corrected chi connectivity index (χ1v) is 5.78. The lowest BCUT2D eigenvalue weighted by molar-refractivity contribution is 0.841. The van der Waals surface area contributed by atoms with Gasteiger partial charge in [0.15, 0.2) is 0 Å². The summed E-state index contributed by atoms with van der Waals surface area (Å²) in [5, 5.41) is 0.820. The molecule has 1 aliphatic carbocycles. The van der Waals surface area contributed by atoms with Crippen molar-refractivity contribution in [3.8, 4) is 11.1 Å². The minimum absolute atomic E-state index is 0.296. The Kier molecular flexibility index (Phi) is 2.23. The van der Waals surface area contributed by atoms with Gasteiger partial charge in [0.1, 0.15) is 0 Å². The molecule has 0 radical (unpaired) electrons. The van der Waals surface area contributed by atoms with Crippen molar-refractivity contribution in [1.29, 1.82) is 0 Å². The summed E-state index contributed by atoms with van der Waals surface area (Å²) in [7, 11) is 0. The van der Waals surface area contributed by atoms with Gasteiger partial charge in [-0.2, -0.15) is 0 Å². The Morgan fingerprint density at radius 1 is 1.00 bits per heavy atom. The Bertz CT molecular complexity index is 548. The highest BCUT2D eigenvalue weighted by Gasteiger charge is 2.28. The fourth-order valence-corrected chi connectivity index (χ4v) is 2.85. The summed E-state index contributed by atoms with van der Waals surface area (Å²) in [6.45, 7) is 0.629. The highest BCUT2D eigenvalue weighted by atomic mass is 35.5. The van der Waals surface area contributed by atoms with Crippen LogP contribution in [-0.4, -0.2) is 6.54 Å². The SMILES string of the molecule is NCC1c2ccccc2-c2c(Cl)cccc21. The first kappa shape index (κ1) is 9.88. The molecule has 2 heteroatoms. The summed E-state index contributed by atoms with van der Waals surface area (Å²) in [6, 6.07) is 14.4. The van der Waals surface area contributed by atoms with Gasteiger partial charge in [0.05, 0.1) is 0 Å². The summed E-state index contributed by atoms with van der Waals surface area (Å²) in [6.07, 6.45) is 0. The molecule has 1 atom stereocenters. The van der Waals surface area contributed by atoms with Crippen LogP contribution in [0, 0.1) is 0 Å². The zero-order valence-electron chi connectivity index (χ0n) is 8.78. The van der Waals surface area contributed by atoms with Crippen LogP contribution in [-0.2, 0) is 0 Å². The molecule has 0 saturated carbocycles. The van der Waals surface area contributed by atoms with Crippen molar-refractivity contribution in [3.63, 3.8) is 0 Å². The maximum Gasteiger partial charge on any atom is 0.0487 e. The third-order valence-corrected chi connectivity index (χ3v) is 3.58. The number of hydrogen-bond donors (Lipinski definition) is 1. The molecule has 1 nitrogen and oxygen atoms in total. The minimum atomic E-state index is 0.296. The van der Waals surface area contributed by atoms with Crippen LogP contribution >= 0.6 is 11.6 Å². The molecule has 3 rings (SSSR count). The van der Waals surface area contributed by atoms with Crippen LogP contribution in [0.25, 0.3) is 11.1 Å². The lowest BCUT2D eigenvalue weighted by Gasteiger charge is -2.09. The van der Waals surface area contributed by atoms with Gasteiger partial charge in [-0.25, -0.2) is 0 Å². The van der Waals surface area contributed by atoms with Gasteiger partial charge in [0, 0.05) is 23.0 Å². The van der Waals surface area contributed by atoms with Gasteiger partial charge >= 0.3 is 0 Å². The summed E-state index contributed by atoms with van der Waals surface area (Å²) >= 11 is 6.28. The number of halogens is 1. The van der Waals surface area contributed by atoms with Crippen molar-refractivity contribution in [2.45, 2.75) is 5.92 Å². The van der Waals surface area contributed by atoms with Crippen LogP contribution in [0.3, 0.4) is 0 Å². The van der Waals surface area contributed by atoms with E-state index < -0.39 is 0 Å². The summed E-state index contributed by atoms with van der Waals surface area (Å²) in [4.78, 5) is 0. The van der Waals surface area contributed by atoms with Gasteiger partial charge in [-0.1, -0.05) is 48.0 Å². The van der Waals surface area contributed by atoms with Crippen molar-refractivity contribution >= 4 is 11.6 Å². The van der Waals surface area contributed by atoms with E-state index in [1.165, 1.54) is 16.7 Å². The second kappa shape index (κ2) is 3.62. The lowest BCUT2D eigenvalue weighted by Crippen LogP contribution is -2.10. The van der Waals surface area contributed by atoms with E-state index in [0.29, 0.717) is 12.5 Å². The standard InChI is InChI=1S/C14H12ClN/c15-13-7-3-6-11-12(8-16)9-4-1-2-5-10(9)14(11)13/h1-7,12H,8,16H2. The fourth-order valence-electron chi connectivity index (χ4n) is 2.57. The molecule has 0 aromatic heterocycles. The maximum atomic E-state index is 6.28. The van der Waals surface area contributed by atoms with Crippen LogP contribution in [0.4, 0.5) is 0 Å². The van der Waals surface area contributed by atoms with Crippen LogP contribution in [0.2, 0.25) is 5.02 Å².